The summed E-state index contributed by atoms with van der Waals surface area (Å²) < 4.78 is 17.5. The molecule has 3 aromatic carbocycles. The minimum Gasteiger partial charge on any atom is -0.489 e. The third-order valence-electron chi connectivity index (χ3n) is 5.06. The standard InChI is InChI=1S/C26H23NO5.C2H6/c1-17-8-6-11-20(24(17)26(28)29)15-30-21-12-7-13-22(14-21)31-16-23-18(2)32-25(27-23)19-9-4-3-5-10-19;1-2/h3-14H,15-16H2,1-2H3,(H,28,29);1-2H3. The summed E-state index contributed by atoms with van der Waals surface area (Å²) in [7, 11) is 0. The lowest BCUT2D eigenvalue weighted by Gasteiger charge is -2.12. The largest absolute Gasteiger partial charge is 0.489 e. The van der Waals surface area contributed by atoms with Crippen LogP contribution in [0.15, 0.2) is 77.2 Å². The lowest BCUT2D eigenvalue weighted by Crippen LogP contribution is -2.08. The number of carbonyl (C=O) groups is 1. The van der Waals surface area contributed by atoms with Gasteiger partial charge in [0.25, 0.3) is 0 Å². The van der Waals surface area contributed by atoms with Crippen molar-refractivity contribution < 1.29 is 23.8 Å². The van der Waals surface area contributed by atoms with Gasteiger partial charge in [-0.15, -0.1) is 0 Å². The van der Waals surface area contributed by atoms with E-state index in [2.05, 4.69) is 4.98 Å². The number of rotatable bonds is 8. The monoisotopic (exact) mass is 459 g/mol. The highest BCUT2D eigenvalue weighted by Gasteiger charge is 2.14. The molecule has 176 valence electrons. The first-order valence-corrected chi connectivity index (χ1v) is 11.2. The van der Waals surface area contributed by atoms with Gasteiger partial charge in [0.05, 0.1) is 5.56 Å². The van der Waals surface area contributed by atoms with Crippen molar-refractivity contribution in [1.82, 2.24) is 4.98 Å². The number of carboxylic acid groups (broad SMARTS) is 1. The Balaban J connectivity index is 0.00000158. The van der Waals surface area contributed by atoms with Crippen LogP contribution >= 0.6 is 0 Å². The summed E-state index contributed by atoms with van der Waals surface area (Å²) in [6.07, 6.45) is 0. The third kappa shape index (κ3) is 6.04. The molecule has 0 aliphatic heterocycles. The molecule has 1 aromatic heterocycles. The third-order valence-corrected chi connectivity index (χ3v) is 5.06. The summed E-state index contributed by atoms with van der Waals surface area (Å²) >= 11 is 0. The molecule has 0 spiro atoms. The van der Waals surface area contributed by atoms with Crippen LogP contribution in [0.2, 0.25) is 0 Å². The second-order valence-corrected chi connectivity index (χ2v) is 7.35. The molecule has 4 aromatic rings. The Kier molecular flexibility index (Phi) is 8.46. The molecular weight excluding hydrogens is 430 g/mol. The lowest BCUT2D eigenvalue weighted by atomic mass is 10.0. The summed E-state index contributed by atoms with van der Waals surface area (Å²) in [5.41, 5.74) is 3.23. The Morgan fingerprint density at radius 2 is 1.53 bits per heavy atom. The number of hydrogen-bond acceptors (Lipinski definition) is 5. The number of aromatic carboxylic acids is 1. The van der Waals surface area contributed by atoms with Crippen molar-refractivity contribution >= 4 is 5.97 Å². The van der Waals surface area contributed by atoms with Crippen molar-refractivity contribution in [3.8, 4) is 23.0 Å². The second-order valence-electron chi connectivity index (χ2n) is 7.35. The molecule has 0 bridgehead atoms. The molecule has 4 rings (SSSR count). The number of benzene rings is 3. The van der Waals surface area contributed by atoms with E-state index in [0.717, 1.165) is 11.3 Å². The molecule has 0 amide bonds. The van der Waals surface area contributed by atoms with Crippen LogP contribution in [0.25, 0.3) is 11.5 Å². The Morgan fingerprint density at radius 3 is 2.21 bits per heavy atom. The predicted molar refractivity (Wildman–Crippen MR) is 131 cm³/mol. The van der Waals surface area contributed by atoms with Crippen molar-refractivity contribution in [3.63, 3.8) is 0 Å². The maximum absolute atomic E-state index is 11.6. The van der Waals surface area contributed by atoms with Crippen LogP contribution in [0.3, 0.4) is 0 Å². The molecule has 0 saturated carbocycles. The first-order chi connectivity index (χ1) is 16.5. The number of ether oxygens (including phenoxy) is 2. The quantitative estimate of drug-likeness (QED) is 0.311. The summed E-state index contributed by atoms with van der Waals surface area (Å²) in [5.74, 6) is 1.51. The van der Waals surface area contributed by atoms with E-state index in [4.69, 9.17) is 13.9 Å². The Labute approximate surface area is 199 Å². The van der Waals surface area contributed by atoms with Gasteiger partial charge in [-0.3, -0.25) is 0 Å². The number of oxazole rings is 1. The van der Waals surface area contributed by atoms with E-state index in [9.17, 15) is 9.90 Å². The van der Waals surface area contributed by atoms with E-state index in [1.54, 1.807) is 31.2 Å². The summed E-state index contributed by atoms with van der Waals surface area (Å²) in [6.45, 7) is 8.04. The van der Waals surface area contributed by atoms with E-state index in [1.807, 2.05) is 69.3 Å². The van der Waals surface area contributed by atoms with Crippen molar-refractivity contribution in [2.24, 2.45) is 0 Å². The average Bonchev–Trinajstić information content (AvgIpc) is 3.23. The maximum atomic E-state index is 11.6. The molecular formula is C28H29NO5. The van der Waals surface area contributed by atoms with Crippen LogP contribution in [0.1, 0.15) is 46.8 Å². The van der Waals surface area contributed by atoms with Crippen LogP contribution in [-0.4, -0.2) is 16.1 Å². The first-order valence-electron chi connectivity index (χ1n) is 11.2. The number of aromatic nitrogens is 1. The van der Waals surface area contributed by atoms with E-state index >= 15 is 0 Å². The van der Waals surface area contributed by atoms with Gasteiger partial charge in [0.15, 0.2) is 0 Å². The minimum absolute atomic E-state index is 0.148. The highest BCUT2D eigenvalue weighted by atomic mass is 16.5. The zero-order valence-electron chi connectivity index (χ0n) is 19.9. The number of hydrogen-bond donors (Lipinski definition) is 1. The highest BCUT2D eigenvalue weighted by Crippen LogP contribution is 2.25. The zero-order chi connectivity index (χ0) is 24.5. The number of carboxylic acids is 1. The van der Waals surface area contributed by atoms with Crippen LogP contribution in [-0.2, 0) is 13.2 Å². The van der Waals surface area contributed by atoms with Gasteiger partial charge in [-0.1, -0.05) is 56.3 Å². The van der Waals surface area contributed by atoms with E-state index < -0.39 is 5.97 Å². The molecule has 0 fully saturated rings. The summed E-state index contributed by atoms with van der Waals surface area (Å²) in [6, 6.07) is 22.3. The van der Waals surface area contributed by atoms with Gasteiger partial charge in [0.2, 0.25) is 5.89 Å². The number of nitrogens with zero attached hydrogens (tertiary/aromatic N) is 1. The topological polar surface area (TPSA) is 81.8 Å². The minimum atomic E-state index is -0.961. The normalized spacial score (nSPS) is 10.2. The van der Waals surface area contributed by atoms with E-state index in [0.29, 0.717) is 34.3 Å². The smallest absolute Gasteiger partial charge is 0.336 e. The molecule has 1 N–H and O–H groups in total. The van der Waals surface area contributed by atoms with Crippen molar-refractivity contribution in [2.75, 3.05) is 0 Å². The van der Waals surface area contributed by atoms with Gasteiger partial charge >= 0.3 is 5.97 Å². The van der Waals surface area contributed by atoms with Gasteiger partial charge in [-0.05, 0) is 43.7 Å². The lowest BCUT2D eigenvalue weighted by molar-refractivity contribution is 0.0693. The van der Waals surface area contributed by atoms with Crippen molar-refractivity contribution in [3.05, 3.63) is 101 Å². The molecule has 6 nitrogen and oxygen atoms in total. The first kappa shape index (κ1) is 24.6. The molecule has 0 aliphatic rings. The van der Waals surface area contributed by atoms with Gasteiger partial charge in [0.1, 0.15) is 36.2 Å². The van der Waals surface area contributed by atoms with Crippen molar-refractivity contribution in [1.29, 1.82) is 0 Å². The van der Waals surface area contributed by atoms with Crippen molar-refractivity contribution in [2.45, 2.75) is 40.9 Å². The molecule has 0 unspecified atom stereocenters. The fourth-order valence-electron chi connectivity index (χ4n) is 3.39. The molecule has 0 atom stereocenters. The SMILES string of the molecule is CC.Cc1cccc(COc2cccc(OCc3nc(-c4ccccc4)oc3C)c2)c1C(=O)O. The molecule has 34 heavy (non-hydrogen) atoms. The maximum Gasteiger partial charge on any atom is 0.336 e. The van der Waals surface area contributed by atoms with Crippen LogP contribution in [0, 0.1) is 13.8 Å². The average molecular weight is 460 g/mol. The molecule has 0 saturated heterocycles. The van der Waals surface area contributed by atoms with Crippen LogP contribution < -0.4 is 9.47 Å². The highest BCUT2D eigenvalue weighted by molar-refractivity contribution is 5.91. The Bertz CT molecular complexity index is 1230. The molecule has 0 radical (unpaired) electrons. The Hall–Kier alpha value is -4.06. The predicted octanol–water partition coefficient (Wildman–Crippen LogP) is 6.84. The summed E-state index contributed by atoms with van der Waals surface area (Å²) in [5, 5.41) is 9.47. The van der Waals surface area contributed by atoms with Gasteiger partial charge in [0, 0.05) is 17.2 Å². The fraction of sp³-hybridized carbons (Fsp3) is 0.214. The fourth-order valence-corrected chi connectivity index (χ4v) is 3.39. The number of aryl methyl sites for hydroxylation is 2. The van der Waals surface area contributed by atoms with Gasteiger partial charge in [-0.2, -0.15) is 0 Å². The van der Waals surface area contributed by atoms with Gasteiger partial charge in [-0.25, -0.2) is 9.78 Å². The Morgan fingerprint density at radius 1 is 0.882 bits per heavy atom. The van der Waals surface area contributed by atoms with Crippen LogP contribution in [0.4, 0.5) is 0 Å². The summed E-state index contributed by atoms with van der Waals surface area (Å²) in [4.78, 5) is 16.1. The second kappa shape index (κ2) is 11.7. The molecule has 6 heteroatoms. The van der Waals surface area contributed by atoms with Crippen LogP contribution in [0.5, 0.6) is 11.5 Å². The van der Waals surface area contributed by atoms with E-state index in [1.165, 1.54) is 0 Å². The van der Waals surface area contributed by atoms with E-state index in [-0.39, 0.29) is 18.8 Å². The molecule has 0 aliphatic carbocycles. The molecule has 1 heterocycles. The van der Waals surface area contributed by atoms with Gasteiger partial charge < -0.3 is 19.0 Å². The zero-order valence-corrected chi connectivity index (χ0v) is 19.9.